The second-order valence-corrected chi connectivity index (χ2v) is 5.64. The molecule has 0 aliphatic carbocycles. The van der Waals surface area contributed by atoms with Gasteiger partial charge in [0.15, 0.2) is 6.54 Å². The van der Waals surface area contributed by atoms with Crippen LogP contribution in [0.4, 0.5) is 8.78 Å². The van der Waals surface area contributed by atoms with Crippen molar-refractivity contribution in [2.45, 2.75) is 20.8 Å². The smallest absolute Gasteiger partial charge is 0.275 e. The van der Waals surface area contributed by atoms with Crippen LogP contribution in [-0.2, 0) is 9.59 Å². The molecule has 2 aromatic rings. The minimum atomic E-state index is -0.700. The second-order valence-electron chi connectivity index (χ2n) is 5.64. The van der Waals surface area contributed by atoms with E-state index in [2.05, 4.69) is 22.1 Å². The fourth-order valence-electron chi connectivity index (χ4n) is 2.12. The van der Waals surface area contributed by atoms with Crippen LogP contribution in [0.2, 0.25) is 0 Å². The Morgan fingerprint density at radius 3 is 2.10 bits per heavy atom. The predicted octanol–water partition coefficient (Wildman–Crippen LogP) is 1.24. The number of benzene rings is 2. The predicted molar refractivity (Wildman–Crippen MR) is 111 cm³/mol. The minimum Gasteiger partial charge on any atom is -0.370 e. The summed E-state index contributed by atoms with van der Waals surface area (Å²) < 4.78 is 27.7. The van der Waals surface area contributed by atoms with Gasteiger partial charge in [-0.2, -0.15) is 0 Å². The van der Waals surface area contributed by atoms with Crippen LogP contribution >= 0.6 is 0 Å². The zero-order valence-electron chi connectivity index (χ0n) is 17.4. The number of amides is 3. The molecule has 0 saturated carbocycles. The maximum absolute atomic E-state index is 13.9. The fraction of sp³-hybridized carbons (Fsp3) is 0.286. The van der Waals surface area contributed by atoms with Crippen molar-refractivity contribution in [3.05, 3.63) is 59.7 Å². The molecule has 0 atom stereocenters. The highest BCUT2D eigenvalue weighted by atomic mass is 19.1. The number of carbonyl (C=O) groups is 3. The number of carbonyl (C=O) groups excluding carboxylic acids is 3. The van der Waals surface area contributed by atoms with Gasteiger partial charge >= 0.3 is 0 Å². The highest BCUT2D eigenvalue weighted by Gasteiger charge is 2.14. The monoisotopic (exact) mass is 423 g/mol. The molecule has 0 unspecified atom stereocenters. The van der Waals surface area contributed by atoms with E-state index >= 15 is 0 Å². The zero-order valence-corrected chi connectivity index (χ0v) is 17.4. The largest absolute Gasteiger partial charge is 0.370 e. The number of nitrogens with one attached hydrogen (secondary N) is 2. The Hall–Kier alpha value is -3.33. The van der Waals surface area contributed by atoms with Gasteiger partial charge in [-0.3, -0.25) is 14.4 Å². The van der Waals surface area contributed by atoms with Gasteiger partial charge in [-0.05, 0) is 23.8 Å². The van der Waals surface area contributed by atoms with E-state index in [0.717, 1.165) is 6.07 Å². The maximum atomic E-state index is 13.9. The summed E-state index contributed by atoms with van der Waals surface area (Å²) >= 11 is 0. The van der Waals surface area contributed by atoms with Gasteiger partial charge in [-0.1, -0.05) is 38.1 Å². The van der Waals surface area contributed by atoms with Crippen LogP contribution in [0.3, 0.4) is 0 Å². The summed E-state index contributed by atoms with van der Waals surface area (Å²) in [7, 11) is 0. The number of quaternary nitrogens is 1. The average molecular weight is 423 g/mol. The first kappa shape index (κ1) is 26.7. The maximum Gasteiger partial charge on any atom is 0.275 e. The van der Waals surface area contributed by atoms with Gasteiger partial charge in [0, 0.05) is 25.6 Å². The van der Waals surface area contributed by atoms with Crippen molar-refractivity contribution in [1.29, 1.82) is 0 Å². The van der Waals surface area contributed by atoms with E-state index in [-0.39, 0.29) is 42.6 Å². The molecule has 0 fully saturated rings. The van der Waals surface area contributed by atoms with Crippen molar-refractivity contribution >= 4 is 17.7 Å². The lowest BCUT2D eigenvalue weighted by atomic mass is 10.0. The van der Waals surface area contributed by atoms with E-state index in [1.807, 2.05) is 13.8 Å². The highest BCUT2D eigenvalue weighted by molar-refractivity contribution is 5.95. The Morgan fingerprint density at radius 2 is 1.53 bits per heavy atom. The van der Waals surface area contributed by atoms with E-state index in [1.165, 1.54) is 25.1 Å². The van der Waals surface area contributed by atoms with Gasteiger partial charge in [-0.25, -0.2) is 8.78 Å². The molecule has 0 bridgehead atoms. The molecule has 3 amide bonds. The van der Waals surface area contributed by atoms with Crippen molar-refractivity contribution in [1.82, 2.24) is 10.6 Å². The normalized spacial score (nSPS) is 9.27. The first-order chi connectivity index (χ1) is 14.3. The second kappa shape index (κ2) is 14.6. The molecule has 0 aliphatic heterocycles. The summed E-state index contributed by atoms with van der Waals surface area (Å²) in [4.78, 5) is 32.3. The molecule has 0 saturated heterocycles. The number of halogens is 2. The van der Waals surface area contributed by atoms with E-state index < -0.39 is 17.5 Å². The molecule has 164 valence electrons. The van der Waals surface area contributed by atoms with Crippen molar-refractivity contribution in [3.63, 3.8) is 0 Å². The summed E-state index contributed by atoms with van der Waals surface area (Å²) in [5.74, 6) is -2.35. The SMILES string of the molecule is CC.CC(N)=O.[NH3+]CC(=O)NCCNC(=O)c1cc(-c2ccccc2F)ccc1F. The van der Waals surface area contributed by atoms with Crippen LogP contribution in [0.15, 0.2) is 42.5 Å². The molecule has 9 heteroatoms. The molecule has 0 aromatic heterocycles. The summed E-state index contributed by atoms with van der Waals surface area (Å²) in [6.07, 6.45) is 0. The molecule has 0 aliphatic rings. The zero-order chi connectivity index (χ0) is 23.1. The van der Waals surface area contributed by atoms with Crippen LogP contribution in [0, 0.1) is 11.6 Å². The minimum absolute atomic E-state index is 0.104. The summed E-state index contributed by atoms with van der Waals surface area (Å²) in [5.41, 5.74) is 8.41. The molecule has 7 nitrogen and oxygen atoms in total. The van der Waals surface area contributed by atoms with Crippen molar-refractivity contribution in [2.75, 3.05) is 19.6 Å². The first-order valence-corrected chi connectivity index (χ1v) is 9.41. The molecule has 0 radical (unpaired) electrons. The fourth-order valence-corrected chi connectivity index (χ4v) is 2.12. The molecule has 0 spiro atoms. The van der Waals surface area contributed by atoms with Crippen molar-refractivity contribution in [2.24, 2.45) is 5.73 Å². The van der Waals surface area contributed by atoms with Gasteiger partial charge in [0.25, 0.3) is 11.8 Å². The van der Waals surface area contributed by atoms with Crippen LogP contribution in [0.1, 0.15) is 31.1 Å². The first-order valence-electron chi connectivity index (χ1n) is 9.41. The van der Waals surface area contributed by atoms with E-state index in [4.69, 9.17) is 0 Å². The summed E-state index contributed by atoms with van der Waals surface area (Å²) in [6.45, 7) is 5.77. The Bertz CT molecular complexity index is 841. The lowest BCUT2D eigenvalue weighted by Gasteiger charge is -2.09. The average Bonchev–Trinajstić information content (AvgIpc) is 2.72. The van der Waals surface area contributed by atoms with Crippen LogP contribution in [0.5, 0.6) is 0 Å². The van der Waals surface area contributed by atoms with Crippen LogP contribution in [-0.4, -0.2) is 37.4 Å². The lowest BCUT2D eigenvalue weighted by molar-refractivity contribution is -0.355. The van der Waals surface area contributed by atoms with E-state index in [0.29, 0.717) is 5.56 Å². The Morgan fingerprint density at radius 1 is 0.967 bits per heavy atom. The Labute approximate surface area is 174 Å². The van der Waals surface area contributed by atoms with Gasteiger partial charge in [0.2, 0.25) is 5.91 Å². The molecule has 2 aromatic carbocycles. The Kier molecular flexibility index (Phi) is 13.0. The number of hydrogen-bond acceptors (Lipinski definition) is 3. The third kappa shape index (κ3) is 9.74. The van der Waals surface area contributed by atoms with E-state index in [9.17, 15) is 23.2 Å². The quantitative estimate of drug-likeness (QED) is 0.522. The van der Waals surface area contributed by atoms with Gasteiger partial charge in [-0.15, -0.1) is 0 Å². The van der Waals surface area contributed by atoms with Gasteiger partial charge in [0.05, 0.1) is 5.56 Å². The number of primary amides is 1. The molecule has 2 rings (SSSR count). The van der Waals surface area contributed by atoms with Crippen LogP contribution < -0.4 is 22.1 Å². The molecular weight excluding hydrogens is 394 g/mol. The van der Waals surface area contributed by atoms with Gasteiger partial charge in [0.1, 0.15) is 11.6 Å². The lowest BCUT2D eigenvalue weighted by Crippen LogP contribution is -2.57. The van der Waals surface area contributed by atoms with E-state index in [1.54, 1.807) is 18.2 Å². The third-order valence-electron chi connectivity index (χ3n) is 3.36. The van der Waals surface area contributed by atoms with Crippen molar-refractivity contribution < 1.29 is 28.9 Å². The number of nitrogens with two attached hydrogens (primary N) is 1. The number of rotatable bonds is 6. The van der Waals surface area contributed by atoms with Gasteiger partial charge < -0.3 is 22.1 Å². The topological polar surface area (TPSA) is 129 Å². The summed E-state index contributed by atoms with van der Waals surface area (Å²) in [6, 6.07) is 9.91. The summed E-state index contributed by atoms with van der Waals surface area (Å²) in [5, 5.41) is 5.04. The molecule has 30 heavy (non-hydrogen) atoms. The van der Waals surface area contributed by atoms with Crippen molar-refractivity contribution in [3.8, 4) is 11.1 Å². The Balaban J connectivity index is 0.00000125. The molecule has 0 heterocycles. The standard InChI is InChI=1S/C17H17F2N3O2.C2H5NO.C2H6/c18-14-4-2-1-3-12(14)11-5-6-15(19)13(9-11)17(24)22-8-7-21-16(23)10-20;1-2(3)4;1-2/h1-6,9H,7-8,10,20H2,(H,21,23)(H,22,24);1H3,(H2,3,4);1-2H3/p+1. The molecular formula is C21H29F2N4O3+. The third-order valence-corrected chi connectivity index (χ3v) is 3.36. The molecule has 7 N–H and O–H groups in total. The van der Waals surface area contributed by atoms with Crippen LogP contribution in [0.25, 0.3) is 11.1 Å². The number of hydrogen-bond donors (Lipinski definition) is 4. The highest BCUT2D eigenvalue weighted by Crippen LogP contribution is 2.24.